The van der Waals surface area contributed by atoms with Crippen LogP contribution in [-0.2, 0) is 5.41 Å². The number of para-hydroxylation sites is 2. The van der Waals surface area contributed by atoms with Gasteiger partial charge in [-0.15, -0.1) is 0 Å². The van der Waals surface area contributed by atoms with Crippen LogP contribution < -0.4 is 26.2 Å². The zero-order valence-electron chi connectivity index (χ0n) is 41.6. The first-order valence-corrected chi connectivity index (χ1v) is 25.9. The van der Waals surface area contributed by atoms with Crippen LogP contribution in [0.4, 0.5) is 34.1 Å². The summed E-state index contributed by atoms with van der Waals surface area (Å²) in [5.41, 5.74) is 20.4. The molecule has 0 aliphatic carbocycles. The average Bonchev–Trinajstić information content (AvgIpc) is 3.87. The van der Waals surface area contributed by atoms with Crippen molar-refractivity contribution in [2.24, 2.45) is 0 Å². The largest absolute Gasteiger partial charge is 0.311 e. The third-order valence-corrected chi connectivity index (χ3v) is 16.1. The molecule has 0 unspecified atom stereocenters. The number of hydrogen-bond acceptors (Lipinski definition) is 2. The zero-order chi connectivity index (χ0) is 49.2. The molecule has 0 saturated carbocycles. The van der Waals surface area contributed by atoms with Gasteiger partial charge in [-0.05, 0) is 149 Å². The van der Waals surface area contributed by atoms with Gasteiger partial charge in [-0.1, -0.05) is 203 Å². The van der Waals surface area contributed by atoms with Crippen LogP contribution in [0.1, 0.15) is 26.3 Å². The number of anilines is 6. The molecule has 2 aliphatic heterocycles. The Kier molecular flexibility index (Phi) is 9.32. The Hall–Kier alpha value is -9.12. The first kappa shape index (κ1) is 42.6. The first-order valence-electron chi connectivity index (χ1n) is 25.9. The van der Waals surface area contributed by atoms with Gasteiger partial charge in [0.2, 0.25) is 0 Å². The van der Waals surface area contributed by atoms with Crippen LogP contribution in [-0.4, -0.2) is 11.3 Å². The van der Waals surface area contributed by atoms with Crippen LogP contribution in [0.3, 0.4) is 0 Å². The fourth-order valence-electron chi connectivity index (χ4n) is 12.6. The van der Waals surface area contributed by atoms with E-state index in [9.17, 15) is 0 Å². The summed E-state index contributed by atoms with van der Waals surface area (Å²) in [6.45, 7) is 7.00. The maximum absolute atomic E-state index is 2.61. The Balaban J connectivity index is 1.05. The van der Waals surface area contributed by atoms with Gasteiger partial charge in [0.25, 0.3) is 6.71 Å². The molecule has 348 valence electrons. The van der Waals surface area contributed by atoms with Crippen molar-refractivity contribution in [2.45, 2.75) is 26.2 Å². The predicted octanol–water partition coefficient (Wildman–Crippen LogP) is 17.0. The standard InChI is InChI=1S/C70H50BN3/c1-70(2,3)49-41-67-69-68(42-49)74(51-35-37-57-55-24-11-10-22-53(55)54-23-12-13-25-56(54)60(57)43-51)66-44-52(73-63-28-16-14-26-58(63)59-27-15-17-29-64(59)73)36-38-61(66)71(69)62-40-48(46-20-8-5-9-21-46)32-39-65(62)72(67)50-33-30-47(31-34-50)45-18-6-4-7-19-45/h4-44H,1-3H3. The van der Waals surface area contributed by atoms with Gasteiger partial charge in [-0.2, -0.15) is 0 Å². The van der Waals surface area contributed by atoms with Gasteiger partial charge in [-0.25, -0.2) is 0 Å². The summed E-state index contributed by atoms with van der Waals surface area (Å²) in [6, 6.07) is 93.1. The van der Waals surface area contributed by atoms with Crippen molar-refractivity contribution in [3.05, 3.63) is 254 Å². The Bertz CT molecular complexity index is 4330. The summed E-state index contributed by atoms with van der Waals surface area (Å²) < 4.78 is 2.47. The maximum Gasteiger partial charge on any atom is 0.252 e. The van der Waals surface area contributed by atoms with E-state index in [1.807, 2.05) is 0 Å². The molecule has 2 aliphatic rings. The van der Waals surface area contributed by atoms with Crippen LogP contribution in [0, 0.1) is 0 Å². The van der Waals surface area contributed by atoms with Crippen LogP contribution in [0.2, 0.25) is 0 Å². The molecule has 12 aromatic carbocycles. The normalized spacial score (nSPS) is 13.0. The van der Waals surface area contributed by atoms with E-state index in [0.717, 1.165) is 17.1 Å². The second-order valence-corrected chi connectivity index (χ2v) is 21.3. The van der Waals surface area contributed by atoms with Crippen molar-refractivity contribution in [1.29, 1.82) is 0 Å². The highest BCUT2D eigenvalue weighted by Crippen LogP contribution is 2.49. The van der Waals surface area contributed by atoms with E-state index in [2.05, 4.69) is 284 Å². The Morgan fingerprint density at radius 2 is 0.757 bits per heavy atom. The Morgan fingerprint density at radius 3 is 1.35 bits per heavy atom. The van der Waals surface area contributed by atoms with Crippen LogP contribution in [0.5, 0.6) is 0 Å². The number of nitrogens with zero attached hydrogens (tertiary/aromatic N) is 3. The lowest BCUT2D eigenvalue weighted by molar-refractivity contribution is 0.590. The second-order valence-electron chi connectivity index (χ2n) is 21.3. The summed E-state index contributed by atoms with van der Waals surface area (Å²) in [7, 11) is 0. The third-order valence-electron chi connectivity index (χ3n) is 16.1. The molecule has 0 fully saturated rings. The highest BCUT2D eigenvalue weighted by Gasteiger charge is 2.44. The molecule has 4 heteroatoms. The third kappa shape index (κ3) is 6.41. The number of hydrogen-bond donors (Lipinski definition) is 0. The minimum atomic E-state index is -0.170. The van der Waals surface area contributed by atoms with E-state index in [-0.39, 0.29) is 12.1 Å². The van der Waals surface area contributed by atoms with Crippen molar-refractivity contribution < 1.29 is 0 Å². The minimum absolute atomic E-state index is 0.0730. The summed E-state index contributed by atoms with van der Waals surface area (Å²) in [4.78, 5) is 5.17. The van der Waals surface area contributed by atoms with E-state index < -0.39 is 0 Å². The molecule has 0 spiro atoms. The minimum Gasteiger partial charge on any atom is -0.311 e. The van der Waals surface area contributed by atoms with Gasteiger partial charge in [0, 0.05) is 50.6 Å². The average molecular weight is 944 g/mol. The number of aromatic nitrogens is 1. The van der Waals surface area contributed by atoms with Gasteiger partial charge < -0.3 is 14.4 Å². The van der Waals surface area contributed by atoms with Crippen molar-refractivity contribution in [3.63, 3.8) is 0 Å². The van der Waals surface area contributed by atoms with Crippen molar-refractivity contribution in [3.8, 4) is 27.9 Å². The molecule has 0 amide bonds. The molecule has 3 heterocycles. The van der Waals surface area contributed by atoms with E-state index in [0.29, 0.717) is 0 Å². The first-order chi connectivity index (χ1) is 36.4. The predicted molar refractivity (Wildman–Crippen MR) is 317 cm³/mol. The van der Waals surface area contributed by atoms with Gasteiger partial charge in [0.1, 0.15) is 0 Å². The van der Waals surface area contributed by atoms with Crippen molar-refractivity contribution >= 4 is 111 Å². The molecule has 3 nitrogen and oxygen atoms in total. The highest BCUT2D eigenvalue weighted by molar-refractivity contribution is 7.00. The van der Waals surface area contributed by atoms with Crippen LogP contribution >= 0.6 is 0 Å². The molecular formula is C70H50BN3. The molecular weight excluding hydrogens is 894 g/mol. The molecule has 0 radical (unpaired) electrons. The summed E-state index contributed by atoms with van der Waals surface area (Å²) in [5, 5.41) is 10.1. The fourth-order valence-corrected chi connectivity index (χ4v) is 12.6. The monoisotopic (exact) mass is 943 g/mol. The number of fused-ring (bicyclic) bond motifs is 13. The van der Waals surface area contributed by atoms with Gasteiger partial charge in [-0.3, -0.25) is 0 Å². The lowest BCUT2D eigenvalue weighted by Gasteiger charge is -2.45. The lowest BCUT2D eigenvalue weighted by Crippen LogP contribution is -2.61. The van der Waals surface area contributed by atoms with Crippen molar-refractivity contribution in [2.75, 3.05) is 9.80 Å². The number of benzene rings is 12. The topological polar surface area (TPSA) is 11.4 Å². The van der Waals surface area contributed by atoms with E-state index in [1.54, 1.807) is 0 Å². The Morgan fingerprint density at radius 1 is 0.297 bits per heavy atom. The quantitative estimate of drug-likeness (QED) is 0.126. The number of rotatable bonds is 5. The zero-order valence-corrected chi connectivity index (χ0v) is 41.6. The molecule has 13 aromatic rings. The smallest absolute Gasteiger partial charge is 0.252 e. The van der Waals surface area contributed by atoms with E-state index in [1.165, 1.54) is 121 Å². The molecule has 0 N–H and O–H groups in total. The Labute approximate surface area is 431 Å². The molecule has 0 saturated heterocycles. The van der Waals surface area contributed by atoms with Gasteiger partial charge in [0.15, 0.2) is 0 Å². The molecule has 0 bridgehead atoms. The summed E-state index contributed by atoms with van der Waals surface area (Å²) in [6.07, 6.45) is 0. The second kappa shape index (κ2) is 16.2. The van der Waals surface area contributed by atoms with Gasteiger partial charge in [0.05, 0.1) is 11.0 Å². The van der Waals surface area contributed by atoms with Crippen LogP contribution in [0.15, 0.2) is 249 Å². The van der Waals surface area contributed by atoms with Crippen molar-refractivity contribution in [1.82, 2.24) is 4.57 Å². The summed E-state index contributed by atoms with van der Waals surface area (Å²) in [5.74, 6) is 0. The molecule has 15 rings (SSSR count). The molecule has 74 heavy (non-hydrogen) atoms. The van der Waals surface area contributed by atoms with E-state index in [4.69, 9.17) is 0 Å². The SMILES string of the molecule is CC(C)(C)c1cc2c3c(c1)N(c1ccc4c5ccccc5c5ccccc5c4c1)c1cc(-n4c5ccccc5c5ccccc54)ccc1B3c1cc(-c3ccccc3)ccc1N2c1ccc(-c2ccccc2)cc1. The van der Waals surface area contributed by atoms with Gasteiger partial charge >= 0.3 is 0 Å². The fraction of sp³-hybridized carbons (Fsp3) is 0.0571. The molecule has 1 aromatic heterocycles. The van der Waals surface area contributed by atoms with Crippen LogP contribution in [0.25, 0.3) is 82.1 Å². The molecule has 0 atom stereocenters. The maximum atomic E-state index is 2.61. The lowest BCUT2D eigenvalue weighted by atomic mass is 9.33. The highest BCUT2D eigenvalue weighted by atomic mass is 15.2. The van der Waals surface area contributed by atoms with E-state index >= 15 is 0 Å². The summed E-state index contributed by atoms with van der Waals surface area (Å²) >= 11 is 0.